The zero-order chi connectivity index (χ0) is 20.4. The fourth-order valence-electron chi connectivity index (χ4n) is 3.00. The average molecular weight is 387 g/mol. The molecule has 0 aliphatic carbocycles. The van der Waals surface area contributed by atoms with Gasteiger partial charge in [0, 0.05) is 12.1 Å². The SMILES string of the molecule is O=c1c2ccccc2nc(C=Cc2ccc(F)cc2)n1-c1cccc([N+](=O)[O-])c1. The van der Waals surface area contributed by atoms with Crippen molar-refractivity contribution in [2.75, 3.05) is 0 Å². The van der Waals surface area contributed by atoms with Gasteiger partial charge in [0.15, 0.2) is 0 Å². The van der Waals surface area contributed by atoms with Gasteiger partial charge in [0.1, 0.15) is 11.6 Å². The fourth-order valence-corrected chi connectivity index (χ4v) is 3.00. The molecule has 0 unspecified atom stereocenters. The van der Waals surface area contributed by atoms with Gasteiger partial charge in [-0.3, -0.25) is 19.5 Å². The summed E-state index contributed by atoms with van der Waals surface area (Å²) in [7, 11) is 0. The molecule has 6 nitrogen and oxygen atoms in total. The van der Waals surface area contributed by atoms with Crippen molar-refractivity contribution in [3.63, 3.8) is 0 Å². The molecule has 29 heavy (non-hydrogen) atoms. The molecule has 142 valence electrons. The first-order valence-corrected chi connectivity index (χ1v) is 8.73. The van der Waals surface area contributed by atoms with Gasteiger partial charge in [-0.15, -0.1) is 0 Å². The molecule has 0 spiro atoms. The summed E-state index contributed by atoms with van der Waals surface area (Å²) in [4.78, 5) is 28.4. The Morgan fingerprint density at radius 2 is 1.72 bits per heavy atom. The number of rotatable bonds is 4. The second-order valence-corrected chi connectivity index (χ2v) is 6.29. The molecule has 0 amide bonds. The molecular weight excluding hydrogens is 373 g/mol. The van der Waals surface area contributed by atoms with Crippen LogP contribution in [0.2, 0.25) is 0 Å². The van der Waals surface area contributed by atoms with E-state index in [4.69, 9.17) is 0 Å². The van der Waals surface area contributed by atoms with Crippen LogP contribution in [-0.4, -0.2) is 14.5 Å². The molecule has 0 fully saturated rings. The van der Waals surface area contributed by atoms with Crippen LogP contribution in [0.3, 0.4) is 0 Å². The van der Waals surface area contributed by atoms with E-state index in [1.54, 1.807) is 54.6 Å². The van der Waals surface area contributed by atoms with E-state index < -0.39 is 4.92 Å². The van der Waals surface area contributed by atoms with Gasteiger partial charge in [-0.2, -0.15) is 0 Å². The largest absolute Gasteiger partial charge is 0.271 e. The highest BCUT2D eigenvalue weighted by atomic mass is 19.1. The van der Waals surface area contributed by atoms with E-state index in [0.29, 0.717) is 22.4 Å². The third-order valence-electron chi connectivity index (χ3n) is 4.40. The molecule has 0 saturated carbocycles. The molecule has 0 aliphatic heterocycles. The number of hydrogen-bond acceptors (Lipinski definition) is 4. The lowest BCUT2D eigenvalue weighted by Gasteiger charge is -2.11. The van der Waals surface area contributed by atoms with E-state index in [1.807, 2.05) is 0 Å². The first-order valence-electron chi connectivity index (χ1n) is 8.73. The number of aromatic nitrogens is 2. The van der Waals surface area contributed by atoms with Crippen molar-refractivity contribution in [3.05, 3.63) is 110 Å². The van der Waals surface area contributed by atoms with Crippen LogP contribution in [0.4, 0.5) is 10.1 Å². The fraction of sp³-hybridized carbons (Fsp3) is 0. The predicted molar refractivity (Wildman–Crippen MR) is 109 cm³/mol. The number of para-hydroxylation sites is 1. The van der Waals surface area contributed by atoms with Gasteiger partial charge in [-0.05, 0) is 42.0 Å². The molecule has 0 saturated heterocycles. The summed E-state index contributed by atoms with van der Waals surface area (Å²) in [5.41, 5.74) is 1.10. The topological polar surface area (TPSA) is 78.0 Å². The number of fused-ring (bicyclic) bond motifs is 1. The molecule has 0 bridgehead atoms. The number of halogens is 1. The van der Waals surface area contributed by atoms with Gasteiger partial charge < -0.3 is 0 Å². The summed E-state index contributed by atoms with van der Waals surface area (Å²) in [6, 6.07) is 18.6. The van der Waals surface area contributed by atoms with Crippen molar-refractivity contribution in [1.29, 1.82) is 0 Å². The van der Waals surface area contributed by atoms with E-state index in [9.17, 15) is 19.3 Å². The second kappa shape index (κ2) is 7.47. The minimum atomic E-state index is -0.517. The summed E-state index contributed by atoms with van der Waals surface area (Å²) in [6.07, 6.45) is 3.32. The Morgan fingerprint density at radius 3 is 2.48 bits per heavy atom. The Kier molecular flexibility index (Phi) is 4.70. The van der Waals surface area contributed by atoms with Crippen LogP contribution >= 0.6 is 0 Å². The molecule has 0 radical (unpaired) electrons. The molecule has 0 N–H and O–H groups in total. The van der Waals surface area contributed by atoms with Crippen molar-refractivity contribution in [1.82, 2.24) is 9.55 Å². The highest BCUT2D eigenvalue weighted by molar-refractivity contribution is 5.80. The lowest BCUT2D eigenvalue weighted by Crippen LogP contribution is -2.22. The van der Waals surface area contributed by atoms with Crippen molar-refractivity contribution in [3.8, 4) is 5.69 Å². The lowest BCUT2D eigenvalue weighted by atomic mass is 10.2. The number of nitro benzene ring substituents is 1. The van der Waals surface area contributed by atoms with Crippen LogP contribution in [0.15, 0.2) is 77.6 Å². The average Bonchev–Trinajstić information content (AvgIpc) is 2.73. The van der Waals surface area contributed by atoms with Crippen molar-refractivity contribution >= 4 is 28.7 Å². The highest BCUT2D eigenvalue weighted by Gasteiger charge is 2.14. The summed E-state index contributed by atoms with van der Waals surface area (Å²) in [6.45, 7) is 0. The summed E-state index contributed by atoms with van der Waals surface area (Å²) >= 11 is 0. The van der Waals surface area contributed by atoms with Gasteiger partial charge in [-0.25, -0.2) is 9.37 Å². The van der Waals surface area contributed by atoms with Crippen LogP contribution in [0.25, 0.3) is 28.7 Å². The Balaban J connectivity index is 1.94. The second-order valence-electron chi connectivity index (χ2n) is 6.29. The molecule has 1 heterocycles. The molecule has 4 aromatic rings. The van der Waals surface area contributed by atoms with Gasteiger partial charge in [-0.1, -0.05) is 36.4 Å². The first kappa shape index (κ1) is 18.2. The number of benzene rings is 3. The van der Waals surface area contributed by atoms with E-state index in [1.165, 1.54) is 34.9 Å². The van der Waals surface area contributed by atoms with E-state index in [-0.39, 0.29) is 17.1 Å². The van der Waals surface area contributed by atoms with Gasteiger partial charge in [0.25, 0.3) is 11.2 Å². The molecule has 1 aromatic heterocycles. The van der Waals surface area contributed by atoms with Gasteiger partial charge in [0.05, 0.1) is 21.5 Å². The minimum absolute atomic E-state index is 0.129. The smallest absolute Gasteiger partial charge is 0.268 e. The molecule has 0 atom stereocenters. The van der Waals surface area contributed by atoms with Crippen LogP contribution in [0, 0.1) is 15.9 Å². The zero-order valence-corrected chi connectivity index (χ0v) is 15.0. The molecular formula is C22H14FN3O3. The Morgan fingerprint density at radius 1 is 0.966 bits per heavy atom. The van der Waals surface area contributed by atoms with E-state index in [2.05, 4.69) is 4.98 Å². The summed E-state index contributed by atoms with van der Waals surface area (Å²) in [5, 5.41) is 11.6. The standard InChI is InChI=1S/C22H14FN3O3/c23-16-11-8-15(9-12-16)10-13-21-24-20-7-2-1-6-19(20)22(27)25(21)17-4-3-5-18(14-17)26(28)29/h1-14H. The molecule has 4 rings (SSSR count). The minimum Gasteiger partial charge on any atom is -0.268 e. The summed E-state index contributed by atoms with van der Waals surface area (Å²) in [5.74, 6) is -0.0435. The Hall–Kier alpha value is -4.13. The maximum Gasteiger partial charge on any atom is 0.271 e. The van der Waals surface area contributed by atoms with E-state index >= 15 is 0 Å². The van der Waals surface area contributed by atoms with Crippen LogP contribution in [0.5, 0.6) is 0 Å². The van der Waals surface area contributed by atoms with Crippen molar-refractivity contribution in [2.45, 2.75) is 0 Å². The monoisotopic (exact) mass is 387 g/mol. The first-order chi connectivity index (χ1) is 14.0. The van der Waals surface area contributed by atoms with Gasteiger partial charge >= 0.3 is 0 Å². The quantitative estimate of drug-likeness (QED) is 0.379. The molecule has 7 heteroatoms. The number of nitrogens with zero attached hydrogens (tertiary/aromatic N) is 3. The van der Waals surface area contributed by atoms with Gasteiger partial charge in [0.2, 0.25) is 0 Å². The maximum absolute atomic E-state index is 13.2. The summed E-state index contributed by atoms with van der Waals surface area (Å²) < 4.78 is 14.5. The third kappa shape index (κ3) is 3.66. The Labute approximate surface area is 164 Å². The highest BCUT2D eigenvalue weighted by Crippen LogP contribution is 2.19. The zero-order valence-electron chi connectivity index (χ0n) is 15.0. The maximum atomic E-state index is 13.2. The van der Waals surface area contributed by atoms with Crippen LogP contribution in [-0.2, 0) is 0 Å². The molecule has 0 aliphatic rings. The molecule has 3 aromatic carbocycles. The van der Waals surface area contributed by atoms with Crippen LogP contribution in [0.1, 0.15) is 11.4 Å². The predicted octanol–water partition coefficient (Wildman–Crippen LogP) is 4.60. The van der Waals surface area contributed by atoms with Crippen molar-refractivity contribution in [2.24, 2.45) is 0 Å². The number of non-ortho nitro benzene ring substituents is 1. The number of hydrogen-bond donors (Lipinski definition) is 0. The van der Waals surface area contributed by atoms with Crippen molar-refractivity contribution < 1.29 is 9.31 Å². The lowest BCUT2D eigenvalue weighted by molar-refractivity contribution is -0.384. The number of nitro groups is 1. The normalized spacial score (nSPS) is 11.2. The Bertz CT molecular complexity index is 1310. The van der Waals surface area contributed by atoms with E-state index in [0.717, 1.165) is 5.56 Å². The third-order valence-corrected chi connectivity index (χ3v) is 4.40. The van der Waals surface area contributed by atoms with Crippen LogP contribution < -0.4 is 5.56 Å².